The Hall–Kier alpha value is -2.13. The molecule has 0 saturated carbocycles. The van der Waals surface area contributed by atoms with Crippen molar-refractivity contribution in [3.05, 3.63) is 29.8 Å². The van der Waals surface area contributed by atoms with Crippen molar-refractivity contribution in [2.24, 2.45) is 0 Å². The van der Waals surface area contributed by atoms with E-state index >= 15 is 0 Å². The number of nitrogens with one attached hydrogen (secondary N) is 2. The number of carbonyl (C=O) groups excluding carboxylic acids is 2. The highest BCUT2D eigenvalue weighted by Gasteiger charge is 2.37. The molecule has 0 bridgehead atoms. The molecule has 2 heterocycles. The van der Waals surface area contributed by atoms with Crippen LogP contribution in [0.25, 0.3) is 0 Å². The second-order valence-electron chi connectivity index (χ2n) is 7.24. The van der Waals surface area contributed by atoms with Gasteiger partial charge in [-0.2, -0.15) is 4.31 Å². The standard InChI is InChI=1S/C19H28N4O4S/c1-2-12-28(26,27)23-10-3-4-17(23)19(25)21-13-15-5-7-16(8-6-15)22-11-9-20-18(24)14-22/h5-8,17H,2-4,9-14H2,1H3,(H,20,24)(H,21,25). The lowest BCUT2D eigenvalue weighted by atomic mass is 10.1. The molecule has 2 N–H and O–H groups in total. The maximum atomic E-state index is 12.6. The molecule has 2 aliphatic rings. The number of nitrogens with zero attached hydrogens (tertiary/aromatic N) is 2. The molecule has 1 atom stereocenters. The second kappa shape index (κ2) is 8.91. The molecule has 1 aromatic rings. The Bertz CT molecular complexity index is 810. The molecule has 1 aromatic carbocycles. The van der Waals surface area contributed by atoms with Crippen molar-refractivity contribution in [1.29, 1.82) is 0 Å². The maximum Gasteiger partial charge on any atom is 0.239 e. The lowest BCUT2D eigenvalue weighted by molar-refractivity contribution is -0.124. The summed E-state index contributed by atoms with van der Waals surface area (Å²) in [5, 5.41) is 5.67. The van der Waals surface area contributed by atoms with Gasteiger partial charge in [-0.3, -0.25) is 9.59 Å². The lowest BCUT2D eigenvalue weighted by Crippen LogP contribution is -2.47. The summed E-state index contributed by atoms with van der Waals surface area (Å²) in [6, 6.07) is 7.11. The molecule has 3 rings (SSSR count). The van der Waals surface area contributed by atoms with E-state index < -0.39 is 16.1 Å². The summed E-state index contributed by atoms with van der Waals surface area (Å²) in [7, 11) is -3.38. The Balaban J connectivity index is 1.56. The molecule has 2 amide bonds. The van der Waals surface area contributed by atoms with Gasteiger partial charge in [0.1, 0.15) is 6.04 Å². The second-order valence-corrected chi connectivity index (χ2v) is 9.28. The Morgan fingerprint density at radius 3 is 2.68 bits per heavy atom. The maximum absolute atomic E-state index is 12.6. The molecule has 0 aromatic heterocycles. The molecular formula is C19H28N4O4S. The zero-order valence-corrected chi connectivity index (χ0v) is 17.0. The first-order chi connectivity index (χ1) is 13.4. The molecule has 0 aliphatic carbocycles. The van der Waals surface area contributed by atoms with Crippen LogP contribution in [0.1, 0.15) is 31.7 Å². The van der Waals surface area contributed by atoms with Crippen molar-refractivity contribution in [2.75, 3.05) is 36.8 Å². The first-order valence-electron chi connectivity index (χ1n) is 9.78. The largest absolute Gasteiger partial charge is 0.360 e. The molecule has 0 radical (unpaired) electrons. The fourth-order valence-electron chi connectivity index (χ4n) is 3.70. The smallest absolute Gasteiger partial charge is 0.239 e. The van der Waals surface area contributed by atoms with Crippen LogP contribution in [0.5, 0.6) is 0 Å². The third-order valence-corrected chi connectivity index (χ3v) is 7.21. The van der Waals surface area contributed by atoms with Crippen molar-refractivity contribution in [1.82, 2.24) is 14.9 Å². The van der Waals surface area contributed by atoms with E-state index in [9.17, 15) is 18.0 Å². The molecule has 154 valence electrons. The van der Waals surface area contributed by atoms with Crippen molar-refractivity contribution in [2.45, 2.75) is 38.8 Å². The number of piperazine rings is 1. The Kier molecular flexibility index (Phi) is 6.56. The molecule has 28 heavy (non-hydrogen) atoms. The van der Waals surface area contributed by atoms with E-state index in [0.717, 1.165) is 17.8 Å². The van der Waals surface area contributed by atoms with Crippen LogP contribution in [0.3, 0.4) is 0 Å². The highest BCUT2D eigenvalue weighted by atomic mass is 32.2. The number of hydrogen-bond donors (Lipinski definition) is 2. The van der Waals surface area contributed by atoms with E-state index in [4.69, 9.17) is 0 Å². The fraction of sp³-hybridized carbons (Fsp3) is 0.579. The predicted molar refractivity (Wildman–Crippen MR) is 107 cm³/mol. The minimum atomic E-state index is -3.38. The normalized spacial score (nSPS) is 20.8. The highest BCUT2D eigenvalue weighted by molar-refractivity contribution is 7.89. The van der Waals surface area contributed by atoms with Gasteiger partial charge in [-0.15, -0.1) is 0 Å². The number of rotatable bonds is 7. The summed E-state index contributed by atoms with van der Waals surface area (Å²) in [5.74, 6) is -0.150. The summed E-state index contributed by atoms with van der Waals surface area (Å²) in [6.07, 6.45) is 1.81. The van der Waals surface area contributed by atoms with Crippen LogP contribution >= 0.6 is 0 Å². The van der Waals surface area contributed by atoms with Crippen molar-refractivity contribution < 1.29 is 18.0 Å². The highest BCUT2D eigenvalue weighted by Crippen LogP contribution is 2.22. The van der Waals surface area contributed by atoms with Gasteiger partial charge in [0, 0.05) is 31.9 Å². The number of sulfonamides is 1. The van der Waals surface area contributed by atoms with Crippen LogP contribution in [0.2, 0.25) is 0 Å². The van der Waals surface area contributed by atoms with Crippen LogP contribution < -0.4 is 15.5 Å². The molecule has 2 saturated heterocycles. The molecule has 2 aliphatic heterocycles. The molecule has 9 heteroatoms. The van der Waals surface area contributed by atoms with E-state index in [1.165, 1.54) is 4.31 Å². The van der Waals surface area contributed by atoms with E-state index in [0.29, 0.717) is 45.4 Å². The van der Waals surface area contributed by atoms with Gasteiger partial charge in [0.25, 0.3) is 0 Å². The van der Waals surface area contributed by atoms with Crippen LogP contribution in [-0.2, 0) is 26.2 Å². The van der Waals surface area contributed by atoms with Crippen LogP contribution in [0.4, 0.5) is 5.69 Å². The number of amides is 2. The first kappa shape index (κ1) is 20.6. The van der Waals surface area contributed by atoms with Crippen molar-refractivity contribution >= 4 is 27.5 Å². The number of hydrogen-bond acceptors (Lipinski definition) is 5. The monoisotopic (exact) mass is 408 g/mol. The third-order valence-electron chi connectivity index (χ3n) is 5.13. The zero-order valence-electron chi connectivity index (χ0n) is 16.2. The van der Waals surface area contributed by atoms with E-state index in [2.05, 4.69) is 10.6 Å². The summed E-state index contributed by atoms with van der Waals surface area (Å²) in [6.45, 7) is 4.33. The molecule has 1 unspecified atom stereocenters. The van der Waals surface area contributed by atoms with Crippen molar-refractivity contribution in [3.63, 3.8) is 0 Å². The average Bonchev–Trinajstić information content (AvgIpc) is 3.17. The SMILES string of the molecule is CCCS(=O)(=O)N1CCCC1C(=O)NCc1ccc(N2CCNC(=O)C2)cc1. The Labute approximate surface area is 166 Å². The zero-order chi connectivity index (χ0) is 20.1. The van der Waals surface area contributed by atoms with Gasteiger partial charge in [-0.1, -0.05) is 19.1 Å². The van der Waals surface area contributed by atoms with Gasteiger partial charge in [0.05, 0.1) is 12.3 Å². The Morgan fingerprint density at radius 1 is 1.25 bits per heavy atom. The van der Waals surface area contributed by atoms with Gasteiger partial charge in [0.15, 0.2) is 0 Å². The first-order valence-corrected chi connectivity index (χ1v) is 11.4. The fourth-order valence-corrected chi connectivity index (χ4v) is 5.45. The number of benzene rings is 1. The molecule has 8 nitrogen and oxygen atoms in total. The van der Waals surface area contributed by atoms with Gasteiger partial charge >= 0.3 is 0 Å². The summed E-state index contributed by atoms with van der Waals surface area (Å²) in [5.41, 5.74) is 1.90. The molecule has 2 fully saturated rings. The van der Waals surface area contributed by atoms with Crippen molar-refractivity contribution in [3.8, 4) is 0 Å². The van der Waals surface area contributed by atoms with E-state index in [1.54, 1.807) is 0 Å². The molecule has 0 spiro atoms. The topological polar surface area (TPSA) is 98.8 Å². The van der Waals surface area contributed by atoms with Gasteiger partial charge in [0.2, 0.25) is 21.8 Å². The van der Waals surface area contributed by atoms with Crippen LogP contribution in [-0.4, -0.2) is 62.5 Å². The minimum absolute atomic E-state index is 0.0155. The third kappa shape index (κ3) is 4.82. The van der Waals surface area contributed by atoms with E-state index in [-0.39, 0.29) is 17.6 Å². The number of carbonyl (C=O) groups is 2. The predicted octanol–water partition coefficient (Wildman–Crippen LogP) is 0.443. The van der Waals surface area contributed by atoms with E-state index in [1.807, 2.05) is 36.1 Å². The minimum Gasteiger partial charge on any atom is -0.360 e. The molecular weight excluding hydrogens is 380 g/mol. The summed E-state index contributed by atoms with van der Waals surface area (Å²) < 4.78 is 26.0. The quantitative estimate of drug-likeness (QED) is 0.682. The number of anilines is 1. The average molecular weight is 409 g/mol. The summed E-state index contributed by atoms with van der Waals surface area (Å²) in [4.78, 5) is 26.1. The van der Waals surface area contributed by atoms with Crippen LogP contribution in [0.15, 0.2) is 24.3 Å². The van der Waals surface area contributed by atoms with Crippen LogP contribution in [0, 0.1) is 0 Å². The van der Waals surface area contributed by atoms with Gasteiger partial charge in [-0.25, -0.2) is 8.42 Å². The Morgan fingerprint density at radius 2 is 2.00 bits per heavy atom. The van der Waals surface area contributed by atoms with Gasteiger partial charge in [-0.05, 0) is 37.0 Å². The summed E-state index contributed by atoms with van der Waals surface area (Å²) >= 11 is 0. The van der Waals surface area contributed by atoms with Gasteiger partial charge < -0.3 is 15.5 Å². The lowest BCUT2D eigenvalue weighted by Gasteiger charge is -2.28.